The molecule has 0 amide bonds. The molecule has 0 heterocycles. The molecule has 0 saturated heterocycles. The maximum absolute atomic E-state index is 11.1. The molecule has 1 N–H and O–H groups in total. The molecule has 0 aromatic heterocycles. The van der Waals surface area contributed by atoms with Crippen LogP contribution in [0.3, 0.4) is 0 Å². The van der Waals surface area contributed by atoms with E-state index >= 15 is 0 Å². The summed E-state index contributed by atoms with van der Waals surface area (Å²) in [6.45, 7) is 11.1. The van der Waals surface area contributed by atoms with Crippen molar-refractivity contribution in [2.24, 2.45) is 29.1 Å². The van der Waals surface area contributed by atoms with E-state index in [2.05, 4.69) is 32.6 Å². The largest absolute Gasteiger partial charge is 0.481 e. The first-order valence-electron chi connectivity index (χ1n) is 12.1. The summed E-state index contributed by atoms with van der Waals surface area (Å²) in [7, 11) is 0. The highest BCUT2D eigenvalue weighted by atomic mass is 16.4. The van der Waals surface area contributed by atoms with Gasteiger partial charge in [-0.3, -0.25) is 4.79 Å². The molecule has 0 aliphatic heterocycles. The quantitative estimate of drug-likeness (QED) is 0.477. The minimum absolute atomic E-state index is 0.207. The van der Waals surface area contributed by atoms with Crippen molar-refractivity contribution in [2.45, 2.75) is 97.8 Å². The number of carboxylic acid groups (broad SMARTS) is 1. The SMILES string of the molecule is C=C1CCCCC1=CC=C1CCC[C@]2(C)[C@@H]([C@H](C)CCCC(C)C(=O)O)CC[C@@H]12. The van der Waals surface area contributed by atoms with Gasteiger partial charge in [-0.25, -0.2) is 0 Å². The van der Waals surface area contributed by atoms with Crippen molar-refractivity contribution >= 4 is 5.97 Å². The summed E-state index contributed by atoms with van der Waals surface area (Å²) in [6.07, 6.45) is 19.6. The zero-order valence-corrected chi connectivity index (χ0v) is 19.0. The fraction of sp³-hybridized carbons (Fsp3) is 0.741. The van der Waals surface area contributed by atoms with Gasteiger partial charge in [-0.05, 0) is 93.0 Å². The first kappa shape index (κ1) is 22.4. The summed E-state index contributed by atoms with van der Waals surface area (Å²) in [5.74, 6) is 1.37. The van der Waals surface area contributed by atoms with Crippen molar-refractivity contribution < 1.29 is 9.90 Å². The Labute approximate surface area is 178 Å². The molecule has 0 radical (unpaired) electrons. The highest BCUT2D eigenvalue weighted by Gasteiger charge is 2.50. The summed E-state index contributed by atoms with van der Waals surface area (Å²) >= 11 is 0. The predicted octanol–water partition coefficient (Wildman–Crippen LogP) is 7.71. The Kier molecular flexibility index (Phi) is 7.46. The van der Waals surface area contributed by atoms with E-state index in [-0.39, 0.29) is 5.92 Å². The molecule has 2 nitrogen and oxygen atoms in total. The van der Waals surface area contributed by atoms with E-state index in [0.717, 1.165) is 24.7 Å². The number of hydrogen-bond donors (Lipinski definition) is 1. The van der Waals surface area contributed by atoms with Crippen LogP contribution in [-0.4, -0.2) is 11.1 Å². The van der Waals surface area contributed by atoms with Crippen LogP contribution < -0.4 is 0 Å². The van der Waals surface area contributed by atoms with Gasteiger partial charge in [0.15, 0.2) is 0 Å². The average molecular weight is 399 g/mol. The van der Waals surface area contributed by atoms with Crippen LogP contribution in [0.15, 0.2) is 35.5 Å². The summed E-state index contributed by atoms with van der Waals surface area (Å²) < 4.78 is 0. The predicted molar refractivity (Wildman–Crippen MR) is 122 cm³/mol. The minimum atomic E-state index is -0.651. The average Bonchev–Trinajstić information content (AvgIpc) is 3.04. The standard InChI is InChI=1S/C27H42O2/c1-19-9-5-6-12-22(19)14-15-23-13-8-18-27(4)24(16-17-25(23)27)20(2)10-7-11-21(3)26(28)29/h14-15,20-21,24-25H,1,5-13,16-18H2,2-4H3,(H,28,29)/t20-,21?,24-,25+,27-/m1/s1. The second-order valence-electron chi connectivity index (χ2n) is 10.5. The fourth-order valence-corrected chi connectivity index (χ4v) is 6.68. The van der Waals surface area contributed by atoms with E-state index in [4.69, 9.17) is 5.11 Å². The maximum Gasteiger partial charge on any atom is 0.306 e. The van der Waals surface area contributed by atoms with Crippen LogP contribution in [0.25, 0.3) is 0 Å². The second kappa shape index (κ2) is 9.67. The van der Waals surface area contributed by atoms with Crippen LogP contribution in [0.1, 0.15) is 97.8 Å². The van der Waals surface area contributed by atoms with Crippen molar-refractivity contribution in [1.82, 2.24) is 0 Å². The molecule has 5 atom stereocenters. The molecule has 29 heavy (non-hydrogen) atoms. The fourth-order valence-electron chi connectivity index (χ4n) is 6.68. The molecule has 162 valence electrons. The lowest BCUT2D eigenvalue weighted by Crippen LogP contribution is -2.36. The Balaban J connectivity index is 1.64. The normalized spacial score (nSPS) is 34.9. The third-order valence-corrected chi connectivity index (χ3v) is 8.57. The van der Waals surface area contributed by atoms with Gasteiger partial charge in [0.2, 0.25) is 0 Å². The molecule has 3 aliphatic rings. The lowest BCUT2D eigenvalue weighted by atomic mass is 9.60. The third-order valence-electron chi connectivity index (χ3n) is 8.57. The molecule has 3 saturated carbocycles. The summed E-state index contributed by atoms with van der Waals surface area (Å²) in [6, 6.07) is 0. The van der Waals surface area contributed by atoms with Gasteiger partial charge in [0, 0.05) is 0 Å². The molecular formula is C27H42O2. The van der Waals surface area contributed by atoms with Crippen molar-refractivity contribution in [3.05, 3.63) is 35.5 Å². The molecule has 3 aliphatic carbocycles. The van der Waals surface area contributed by atoms with E-state index in [0.29, 0.717) is 11.3 Å². The van der Waals surface area contributed by atoms with Crippen LogP contribution in [0.4, 0.5) is 0 Å². The van der Waals surface area contributed by atoms with Gasteiger partial charge in [-0.2, -0.15) is 0 Å². The lowest BCUT2D eigenvalue weighted by Gasteiger charge is -2.44. The van der Waals surface area contributed by atoms with Gasteiger partial charge in [0.25, 0.3) is 0 Å². The molecule has 3 rings (SSSR count). The van der Waals surface area contributed by atoms with Gasteiger partial charge in [-0.15, -0.1) is 0 Å². The third kappa shape index (κ3) is 5.06. The lowest BCUT2D eigenvalue weighted by molar-refractivity contribution is -0.141. The molecule has 0 aromatic rings. The summed E-state index contributed by atoms with van der Waals surface area (Å²) in [4.78, 5) is 11.1. The number of fused-ring (bicyclic) bond motifs is 1. The smallest absolute Gasteiger partial charge is 0.306 e. The highest BCUT2D eigenvalue weighted by Crippen LogP contribution is 2.59. The Bertz CT molecular complexity index is 670. The van der Waals surface area contributed by atoms with Gasteiger partial charge in [0.05, 0.1) is 5.92 Å². The van der Waals surface area contributed by atoms with Crippen LogP contribution in [-0.2, 0) is 4.79 Å². The first-order valence-corrected chi connectivity index (χ1v) is 12.1. The number of rotatable bonds is 7. The Morgan fingerprint density at radius 3 is 2.62 bits per heavy atom. The number of hydrogen-bond acceptors (Lipinski definition) is 1. The molecule has 0 spiro atoms. The number of aliphatic carboxylic acids is 1. The van der Waals surface area contributed by atoms with Crippen molar-refractivity contribution in [2.75, 3.05) is 0 Å². The topological polar surface area (TPSA) is 37.3 Å². The highest BCUT2D eigenvalue weighted by molar-refractivity contribution is 5.69. The Hall–Kier alpha value is -1.31. The maximum atomic E-state index is 11.1. The van der Waals surface area contributed by atoms with E-state index < -0.39 is 5.97 Å². The number of allylic oxidation sites excluding steroid dienone is 5. The number of carboxylic acids is 1. The molecule has 1 unspecified atom stereocenters. The van der Waals surface area contributed by atoms with Crippen LogP contribution in [0.2, 0.25) is 0 Å². The van der Waals surface area contributed by atoms with Gasteiger partial charge < -0.3 is 5.11 Å². The monoisotopic (exact) mass is 398 g/mol. The molecule has 0 aromatic carbocycles. The molecular weight excluding hydrogens is 356 g/mol. The van der Waals surface area contributed by atoms with Gasteiger partial charge in [-0.1, -0.05) is 63.5 Å². The van der Waals surface area contributed by atoms with E-state index in [1.165, 1.54) is 75.4 Å². The van der Waals surface area contributed by atoms with Gasteiger partial charge in [0.1, 0.15) is 0 Å². The van der Waals surface area contributed by atoms with Crippen molar-refractivity contribution in [1.29, 1.82) is 0 Å². The minimum Gasteiger partial charge on any atom is -0.481 e. The zero-order chi connectivity index (χ0) is 21.0. The van der Waals surface area contributed by atoms with Gasteiger partial charge >= 0.3 is 5.97 Å². The van der Waals surface area contributed by atoms with Crippen molar-refractivity contribution in [3.63, 3.8) is 0 Å². The zero-order valence-electron chi connectivity index (χ0n) is 19.0. The van der Waals surface area contributed by atoms with Crippen LogP contribution in [0, 0.1) is 29.1 Å². The second-order valence-corrected chi connectivity index (χ2v) is 10.5. The van der Waals surface area contributed by atoms with E-state index in [1.54, 1.807) is 5.57 Å². The number of carbonyl (C=O) groups is 1. The van der Waals surface area contributed by atoms with E-state index in [1.807, 2.05) is 6.92 Å². The molecule has 0 bridgehead atoms. The summed E-state index contributed by atoms with van der Waals surface area (Å²) in [5, 5.41) is 9.13. The van der Waals surface area contributed by atoms with Crippen LogP contribution in [0.5, 0.6) is 0 Å². The first-order chi connectivity index (χ1) is 13.8. The molecule has 2 heteroatoms. The Morgan fingerprint density at radius 1 is 1.14 bits per heavy atom. The summed E-state index contributed by atoms with van der Waals surface area (Å²) in [5.41, 5.74) is 4.98. The van der Waals surface area contributed by atoms with Crippen molar-refractivity contribution in [3.8, 4) is 0 Å². The van der Waals surface area contributed by atoms with Crippen LogP contribution >= 0.6 is 0 Å². The molecule has 3 fully saturated rings. The Morgan fingerprint density at radius 2 is 1.90 bits per heavy atom. The van der Waals surface area contributed by atoms with E-state index in [9.17, 15) is 4.79 Å².